The average molecular weight is 290 g/mol. The minimum atomic E-state index is -0.742. The molecule has 1 aliphatic carbocycles. The maximum absolute atomic E-state index is 10.6. The molecule has 0 bridgehead atoms. The summed E-state index contributed by atoms with van der Waals surface area (Å²) in [5.74, 6) is 2.01. The van der Waals surface area contributed by atoms with Crippen molar-refractivity contribution in [1.82, 2.24) is 0 Å². The zero-order chi connectivity index (χ0) is 15.6. The highest BCUT2D eigenvalue weighted by Gasteiger charge is 2.38. The van der Waals surface area contributed by atoms with Crippen LogP contribution in [0.2, 0.25) is 0 Å². The van der Waals surface area contributed by atoms with Crippen molar-refractivity contribution in [1.29, 1.82) is 0 Å². The first-order valence-corrected chi connectivity index (χ1v) is 7.47. The van der Waals surface area contributed by atoms with E-state index in [1.807, 2.05) is 32.0 Å². The molecule has 1 aromatic rings. The monoisotopic (exact) mass is 290 g/mol. The van der Waals surface area contributed by atoms with Crippen molar-refractivity contribution in [2.75, 3.05) is 14.2 Å². The van der Waals surface area contributed by atoms with E-state index in [0.29, 0.717) is 0 Å². The van der Waals surface area contributed by atoms with E-state index in [9.17, 15) is 5.11 Å². The molecule has 1 aliphatic rings. The van der Waals surface area contributed by atoms with E-state index in [1.165, 1.54) is 5.57 Å². The van der Waals surface area contributed by atoms with Crippen LogP contribution >= 0.6 is 0 Å². The number of rotatable bonds is 4. The molecular weight excluding hydrogens is 264 g/mol. The molecule has 0 heterocycles. The summed E-state index contributed by atoms with van der Waals surface area (Å²) in [5, 5.41) is 10.6. The third-order valence-electron chi connectivity index (χ3n) is 4.49. The fourth-order valence-corrected chi connectivity index (χ4v) is 3.39. The second-order valence-electron chi connectivity index (χ2n) is 6.43. The third kappa shape index (κ3) is 3.24. The van der Waals surface area contributed by atoms with Gasteiger partial charge in [0, 0.05) is 11.5 Å². The highest BCUT2D eigenvalue weighted by atomic mass is 16.5. The second-order valence-corrected chi connectivity index (χ2v) is 6.43. The summed E-state index contributed by atoms with van der Waals surface area (Å²) >= 11 is 0. The van der Waals surface area contributed by atoms with Gasteiger partial charge in [0.1, 0.15) is 11.5 Å². The SMILES string of the molecule is COc1cccc(OC)c1[C@@H]1CC(C)=CC[C@H]1C(C)(C)O. The molecule has 3 nitrogen and oxygen atoms in total. The van der Waals surface area contributed by atoms with Gasteiger partial charge in [0.15, 0.2) is 0 Å². The van der Waals surface area contributed by atoms with Crippen LogP contribution in [0.15, 0.2) is 29.8 Å². The average Bonchev–Trinajstić information content (AvgIpc) is 2.44. The predicted molar refractivity (Wildman–Crippen MR) is 85.1 cm³/mol. The van der Waals surface area contributed by atoms with Crippen molar-refractivity contribution < 1.29 is 14.6 Å². The molecule has 3 heteroatoms. The van der Waals surface area contributed by atoms with Gasteiger partial charge in [0.25, 0.3) is 0 Å². The summed E-state index contributed by atoms with van der Waals surface area (Å²) in [6.45, 7) is 5.93. The second kappa shape index (κ2) is 6.10. The van der Waals surface area contributed by atoms with E-state index < -0.39 is 5.60 Å². The smallest absolute Gasteiger partial charge is 0.126 e. The molecule has 1 N–H and O–H groups in total. The van der Waals surface area contributed by atoms with Gasteiger partial charge in [-0.15, -0.1) is 0 Å². The topological polar surface area (TPSA) is 38.7 Å². The van der Waals surface area contributed by atoms with Crippen molar-refractivity contribution in [3.63, 3.8) is 0 Å². The summed E-state index contributed by atoms with van der Waals surface area (Å²) in [5.41, 5.74) is 1.68. The third-order valence-corrected chi connectivity index (χ3v) is 4.49. The van der Waals surface area contributed by atoms with Crippen molar-refractivity contribution in [3.05, 3.63) is 35.4 Å². The van der Waals surface area contributed by atoms with Gasteiger partial charge in [0.05, 0.1) is 19.8 Å². The van der Waals surface area contributed by atoms with Crippen molar-refractivity contribution >= 4 is 0 Å². The van der Waals surface area contributed by atoms with Crippen LogP contribution in [0.4, 0.5) is 0 Å². The van der Waals surface area contributed by atoms with Gasteiger partial charge < -0.3 is 14.6 Å². The summed E-state index contributed by atoms with van der Waals surface area (Å²) < 4.78 is 11.1. The fourth-order valence-electron chi connectivity index (χ4n) is 3.39. The first-order chi connectivity index (χ1) is 9.88. The summed E-state index contributed by atoms with van der Waals surface area (Å²) in [4.78, 5) is 0. The number of methoxy groups -OCH3 is 2. The van der Waals surface area contributed by atoms with Gasteiger partial charge in [-0.3, -0.25) is 0 Å². The minimum Gasteiger partial charge on any atom is -0.496 e. The van der Waals surface area contributed by atoms with Crippen LogP contribution in [0, 0.1) is 5.92 Å². The molecule has 0 fully saturated rings. The number of hydrogen-bond acceptors (Lipinski definition) is 3. The van der Waals surface area contributed by atoms with E-state index in [2.05, 4.69) is 13.0 Å². The van der Waals surface area contributed by atoms with Crippen LogP contribution in [0.3, 0.4) is 0 Å². The Hall–Kier alpha value is -1.48. The molecule has 1 aromatic carbocycles. The Balaban J connectivity index is 2.54. The quantitative estimate of drug-likeness (QED) is 0.854. The van der Waals surface area contributed by atoms with Crippen LogP contribution in [-0.4, -0.2) is 24.9 Å². The Morgan fingerprint density at radius 3 is 2.19 bits per heavy atom. The summed E-state index contributed by atoms with van der Waals surface area (Å²) in [7, 11) is 3.37. The van der Waals surface area contributed by atoms with Crippen LogP contribution in [0.1, 0.15) is 45.1 Å². The predicted octanol–water partition coefficient (Wildman–Crippen LogP) is 3.91. The Bertz CT molecular complexity index is 504. The molecule has 0 aromatic heterocycles. The molecule has 0 radical (unpaired) electrons. The van der Waals surface area contributed by atoms with Gasteiger partial charge in [-0.1, -0.05) is 17.7 Å². The molecule has 0 amide bonds. The lowest BCUT2D eigenvalue weighted by Crippen LogP contribution is -2.37. The standard InChI is InChI=1S/C18H26O3/c1-12-9-10-14(18(2,3)19)13(11-12)17-15(20-4)7-6-8-16(17)21-5/h6-9,13-14,19H,10-11H2,1-5H3/t13-,14-/m1/s1. The molecule has 0 unspecified atom stereocenters. The molecule has 2 rings (SSSR count). The van der Waals surface area contributed by atoms with Gasteiger partial charge in [0.2, 0.25) is 0 Å². The molecule has 0 aliphatic heterocycles. The summed E-state index contributed by atoms with van der Waals surface area (Å²) in [6.07, 6.45) is 4.04. The highest BCUT2D eigenvalue weighted by molar-refractivity contribution is 5.48. The Labute approximate surface area is 127 Å². The molecule has 2 atom stereocenters. The minimum absolute atomic E-state index is 0.145. The maximum atomic E-state index is 10.6. The maximum Gasteiger partial charge on any atom is 0.126 e. The zero-order valence-electron chi connectivity index (χ0n) is 13.6. The molecule has 0 saturated carbocycles. The molecule has 0 saturated heterocycles. The lowest BCUT2D eigenvalue weighted by atomic mass is 9.69. The Morgan fingerprint density at radius 2 is 1.71 bits per heavy atom. The number of benzene rings is 1. The molecular formula is C18H26O3. The lowest BCUT2D eigenvalue weighted by Gasteiger charge is -2.39. The van der Waals surface area contributed by atoms with E-state index in [4.69, 9.17) is 9.47 Å². The van der Waals surface area contributed by atoms with Crippen LogP contribution < -0.4 is 9.47 Å². The van der Waals surface area contributed by atoms with E-state index in [-0.39, 0.29) is 11.8 Å². The Kier molecular flexibility index (Phi) is 4.62. The van der Waals surface area contributed by atoms with Crippen LogP contribution in [0.5, 0.6) is 11.5 Å². The van der Waals surface area contributed by atoms with E-state index in [0.717, 1.165) is 29.9 Å². The largest absolute Gasteiger partial charge is 0.496 e. The van der Waals surface area contributed by atoms with Gasteiger partial charge in [-0.05, 0) is 51.7 Å². The number of ether oxygens (including phenoxy) is 2. The van der Waals surface area contributed by atoms with Crippen molar-refractivity contribution in [2.24, 2.45) is 5.92 Å². The molecule has 0 spiro atoms. The normalized spacial score (nSPS) is 22.7. The van der Waals surface area contributed by atoms with E-state index >= 15 is 0 Å². The number of allylic oxidation sites excluding steroid dienone is 2. The first-order valence-electron chi connectivity index (χ1n) is 7.47. The highest BCUT2D eigenvalue weighted by Crippen LogP contribution is 2.48. The van der Waals surface area contributed by atoms with Crippen LogP contribution in [0.25, 0.3) is 0 Å². The number of aliphatic hydroxyl groups is 1. The summed E-state index contributed by atoms with van der Waals surface area (Å²) in [6, 6.07) is 5.87. The fraction of sp³-hybridized carbons (Fsp3) is 0.556. The van der Waals surface area contributed by atoms with Crippen molar-refractivity contribution in [3.8, 4) is 11.5 Å². The van der Waals surface area contributed by atoms with Gasteiger partial charge in [-0.25, -0.2) is 0 Å². The van der Waals surface area contributed by atoms with Crippen molar-refractivity contribution in [2.45, 2.75) is 45.1 Å². The molecule has 116 valence electrons. The molecule has 21 heavy (non-hydrogen) atoms. The number of hydrogen-bond donors (Lipinski definition) is 1. The van der Waals surface area contributed by atoms with Gasteiger partial charge in [-0.2, -0.15) is 0 Å². The van der Waals surface area contributed by atoms with Gasteiger partial charge >= 0.3 is 0 Å². The van der Waals surface area contributed by atoms with E-state index in [1.54, 1.807) is 14.2 Å². The zero-order valence-corrected chi connectivity index (χ0v) is 13.6. The Morgan fingerprint density at radius 1 is 1.14 bits per heavy atom. The first kappa shape index (κ1) is 15.9. The lowest BCUT2D eigenvalue weighted by molar-refractivity contribution is 0.00267. The van der Waals surface area contributed by atoms with Crippen LogP contribution in [-0.2, 0) is 0 Å².